The highest BCUT2D eigenvalue weighted by Crippen LogP contribution is 2.27. The van der Waals surface area contributed by atoms with Crippen LogP contribution in [0.5, 0.6) is 5.75 Å². The lowest BCUT2D eigenvalue weighted by Crippen LogP contribution is -2.31. The number of rotatable bonds is 5. The minimum absolute atomic E-state index is 0.126. The number of aromatic nitrogens is 1. The van der Waals surface area contributed by atoms with Crippen molar-refractivity contribution in [3.05, 3.63) is 58.3 Å². The molecule has 0 aliphatic carbocycles. The van der Waals surface area contributed by atoms with E-state index in [1.807, 2.05) is 25.1 Å². The number of hydrogen-bond donors (Lipinski definition) is 1. The van der Waals surface area contributed by atoms with E-state index >= 15 is 0 Å². The van der Waals surface area contributed by atoms with Crippen LogP contribution < -0.4 is 10.1 Å². The molecule has 0 bridgehead atoms. The van der Waals surface area contributed by atoms with E-state index < -0.39 is 0 Å². The van der Waals surface area contributed by atoms with Gasteiger partial charge in [-0.2, -0.15) is 0 Å². The van der Waals surface area contributed by atoms with Gasteiger partial charge in [0.05, 0.1) is 16.8 Å². The summed E-state index contributed by atoms with van der Waals surface area (Å²) in [5.41, 5.74) is 0.787. The molecule has 2 rings (SSSR count). The van der Waals surface area contributed by atoms with Gasteiger partial charge in [-0.15, -0.1) is 0 Å². The molecule has 1 amide bonds. The molecule has 0 spiro atoms. The zero-order chi connectivity index (χ0) is 15.2. The maximum atomic E-state index is 11.8. The number of hydrogen-bond acceptors (Lipinski definition) is 3. The highest BCUT2D eigenvalue weighted by Gasteiger charge is 2.11. The fourth-order valence-electron chi connectivity index (χ4n) is 1.72. The van der Waals surface area contributed by atoms with Crippen molar-refractivity contribution >= 4 is 29.1 Å². The lowest BCUT2D eigenvalue weighted by atomic mass is 10.2. The molecule has 1 aromatic heterocycles. The van der Waals surface area contributed by atoms with Gasteiger partial charge >= 0.3 is 0 Å². The summed E-state index contributed by atoms with van der Waals surface area (Å²) in [5, 5.41) is 3.68. The molecule has 1 N–H and O–H groups in total. The first-order valence-electron chi connectivity index (χ1n) is 6.34. The second-order valence-electron chi connectivity index (χ2n) is 4.41. The largest absolute Gasteiger partial charge is 0.482 e. The van der Waals surface area contributed by atoms with Crippen molar-refractivity contribution in [2.45, 2.75) is 13.0 Å². The number of carbonyl (C=O) groups excluding carboxylic acids is 1. The van der Waals surface area contributed by atoms with Crippen LogP contribution >= 0.6 is 23.2 Å². The smallest absolute Gasteiger partial charge is 0.258 e. The van der Waals surface area contributed by atoms with Crippen LogP contribution in [0.15, 0.2) is 42.6 Å². The number of ether oxygens (including phenoxy) is 1. The van der Waals surface area contributed by atoms with Crippen molar-refractivity contribution in [1.82, 2.24) is 10.3 Å². The molecule has 0 aliphatic heterocycles. The van der Waals surface area contributed by atoms with Crippen molar-refractivity contribution < 1.29 is 9.53 Å². The Hall–Kier alpha value is -1.78. The molecule has 0 unspecified atom stereocenters. The summed E-state index contributed by atoms with van der Waals surface area (Å²) in [7, 11) is 0. The van der Waals surface area contributed by atoms with E-state index in [0.717, 1.165) is 5.69 Å². The third-order valence-corrected chi connectivity index (χ3v) is 3.29. The van der Waals surface area contributed by atoms with E-state index in [0.29, 0.717) is 15.8 Å². The third kappa shape index (κ3) is 4.62. The van der Waals surface area contributed by atoms with Crippen molar-refractivity contribution in [1.29, 1.82) is 0 Å². The zero-order valence-electron chi connectivity index (χ0n) is 11.3. The van der Waals surface area contributed by atoms with Crippen LogP contribution in [0.2, 0.25) is 10.0 Å². The maximum absolute atomic E-state index is 11.8. The minimum atomic E-state index is -0.251. The zero-order valence-corrected chi connectivity index (χ0v) is 12.9. The van der Waals surface area contributed by atoms with E-state index in [2.05, 4.69) is 10.3 Å². The van der Waals surface area contributed by atoms with E-state index in [-0.39, 0.29) is 18.6 Å². The maximum Gasteiger partial charge on any atom is 0.258 e. The summed E-state index contributed by atoms with van der Waals surface area (Å²) in [4.78, 5) is 16.0. The summed E-state index contributed by atoms with van der Waals surface area (Å²) in [5.74, 6) is 0.167. The number of amides is 1. The van der Waals surface area contributed by atoms with Crippen LogP contribution in [-0.4, -0.2) is 17.5 Å². The normalized spacial score (nSPS) is 11.8. The second kappa shape index (κ2) is 7.29. The number of carbonyl (C=O) groups is 1. The van der Waals surface area contributed by atoms with Crippen LogP contribution in [0.3, 0.4) is 0 Å². The average Bonchev–Trinajstić information content (AvgIpc) is 2.47. The highest BCUT2D eigenvalue weighted by atomic mass is 35.5. The first-order valence-corrected chi connectivity index (χ1v) is 7.10. The lowest BCUT2D eigenvalue weighted by molar-refractivity contribution is -0.123. The second-order valence-corrected chi connectivity index (χ2v) is 5.25. The van der Waals surface area contributed by atoms with E-state index in [1.54, 1.807) is 24.4 Å². The standard InChI is InChI=1S/C15H14Cl2N2O2/c1-10(13-4-2-3-7-18-13)19-15(20)9-21-14-6-5-11(16)8-12(14)17/h2-8,10H,9H2,1H3,(H,19,20)/t10-/m1/s1. The first kappa shape index (κ1) is 15.6. The van der Waals surface area contributed by atoms with Crippen LogP contribution in [0.4, 0.5) is 0 Å². The number of pyridine rings is 1. The fraction of sp³-hybridized carbons (Fsp3) is 0.200. The fourth-order valence-corrected chi connectivity index (χ4v) is 2.19. The van der Waals surface area contributed by atoms with Crippen molar-refractivity contribution in [2.75, 3.05) is 6.61 Å². The molecule has 21 heavy (non-hydrogen) atoms. The molecular formula is C15H14Cl2N2O2. The molecular weight excluding hydrogens is 311 g/mol. The number of nitrogens with zero attached hydrogens (tertiary/aromatic N) is 1. The van der Waals surface area contributed by atoms with E-state index in [1.165, 1.54) is 0 Å². The average molecular weight is 325 g/mol. The van der Waals surface area contributed by atoms with Gasteiger partial charge in [-0.05, 0) is 37.3 Å². The van der Waals surface area contributed by atoms with Gasteiger partial charge in [0.15, 0.2) is 6.61 Å². The number of benzene rings is 1. The Bertz CT molecular complexity index is 620. The Labute approximate surface area is 133 Å². The summed E-state index contributed by atoms with van der Waals surface area (Å²) in [6, 6.07) is 10.2. The monoisotopic (exact) mass is 324 g/mol. The quantitative estimate of drug-likeness (QED) is 0.913. The van der Waals surface area contributed by atoms with Gasteiger partial charge in [-0.25, -0.2) is 0 Å². The molecule has 2 aromatic rings. The van der Waals surface area contributed by atoms with Gasteiger partial charge in [-0.1, -0.05) is 29.3 Å². The molecule has 110 valence electrons. The van der Waals surface area contributed by atoms with Gasteiger partial charge in [0.1, 0.15) is 5.75 Å². The summed E-state index contributed by atoms with van der Waals surface area (Å²) < 4.78 is 5.37. The van der Waals surface area contributed by atoms with Gasteiger partial charge < -0.3 is 10.1 Å². The van der Waals surface area contributed by atoms with E-state index in [4.69, 9.17) is 27.9 Å². The van der Waals surface area contributed by atoms with Crippen molar-refractivity contribution in [2.24, 2.45) is 0 Å². The molecule has 0 fully saturated rings. The SMILES string of the molecule is C[C@@H](NC(=O)COc1ccc(Cl)cc1Cl)c1ccccn1. The Kier molecular flexibility index (Phi) is 5.42. The molecule has 1 atom stereocenters. The van der Waals surface area contributed by atoms with Crippen LogP contribution in [0, 0.1) is 0 Å². The van der Waals surface area contributed by atoms with Crippen LogP contribution in [0.25, 0.3) is 0 Å². The summed E-state index contributed by atoms with van der Waals surface area (Å²) >= 11 is 11.8. The molecule has 1 aromatic carbocycles. The minimum Gasteiger partial charge on any atom is -0.482 e. The number of nitrogens with one attached hydrogen (secondary N) is 1. The molecule has 0 saturated heterocycles. The Morgan fingerprint density at radius 3 is 2.81 bits per heavy atom. The number of halogens is 2. The van der Waals surface area contributed by atoms with Crippen LogP contribution in [-0.2, 0) is 4.79 Å². The van der Waals surface area contributed by atoms with Gasteiger partial charge in [0, 0.05) is 11.2 Å². The Morgan fingerprint density at radius 2 is 2.14 bits per heavy atom. The van der Waals surface area contributed by atoms with Gasteiger partial charge in [-0.3, -0.25) is 9.78 Å². The molecule has 0 saturated carbocycles. The summed E-state index contributed by atoms with van der Waals surface area (Å²) in [6.07, 6.45) is 1.68. The van der Waals surface area contributed by atoms with Crippen molar-refractivity contribution in [3.8, 4) is 5.75 Å². The lowest BCUT2D eigenvalue weighted by Gasteiger charge is -2.14. The molecule has 1 heterocycles. The predicted molar refractivity (Wildman–Crippen MR) is 82.8 cm³/mol. The predicted octanol–water partition coefficient (Wildman–Crippen LogP) is 3.64. The summed E-state index contributed by atoms with van der Waals surface area (Å²) in [6.45, 7) is 1.73. The Balaban J connectivity index is 1.87. The topological polar surface area (TPSA) is 51.2 Å². The first-order chi connectivity index (χ1) is 10.1. The van der Waals surface area contributed by atoms with Gasteiger partial charge in [0.2, 0.25) is 0 Å². The molecule has 0 aliphatic rings. The molecule has 0 radical (unpaired) electrons. The highest BCUT2D eigenvalue weighted by molar-refractivity contribution is 6.35. The third-order valence-electron chi connectivity index (χ3n) is 2.76. The molecule has 6 heteroatoms. The van der Waals surface area contributed by atoms with E-state index in [9.17, 15) is 4.79 Å². The Morgan fingerprint density at radius 1 is 1.33 bits per heavy atom. The molecule has 4 nitrogen and oxygen atoms in total. The van der Waals surface area contributed by atoms with Crippen molar-refractivity contribution in [3.63, 3.8) is 0 Å². The van der Waals surface area contributed by atoms with Gasteiger partial charge in [0.25, 0.3) is 5.91 Å². The van der Waals surface area contributed by atoms with Crippen LogP contribution in [0.1, 0.15) is 18.7 Å².